The van der Waals surface area contributed by atoms with E-state index in [0.717, 1.165) is 18.9 Å². The standard InChI is InChI=1S/C22H29N5O7S/c1-15(2)26-22(16(3)20(23-26)21(28)24-8-4-5-9-24)34-18-7-6-17(27(29)30)14-19(18)35(31,32)25-10-12-33-13-11-25/h6-7,14-15H,4-5,8-13H2,1-3H3. The highest BCUT2D eigenvalue weighted by Crippen LogP contribution is 2.37. The van der Waals surface area contributed by atoms with Crippen LogP contribution in [0.3, 0.4) is 0 Å². The van der Waals surface area contributed by atoms with E-state index in [1.165, 1.54) is 21.1 Å². The second-order valence-electron chi connectivity index (χ2n) is 8.82. The molecular weight excluding hydrogens is 478 g/mol. The number of benzene rings is 1. The Morgan fingerprint density at radius 1 is 1.17 bits per heavy atom. The van der Waals surface area contributed by atoms with Crippen LogP contribution in [0, 0.1) is 17.0 Å². The predicted molar refractivity (Wildman–Crippen MR) is 125 cm³/mol. The Bertz CT molecular complexity index is 1230. The van der Waals surface area contributed by atoms with Gasteiger partial charge in [0.15, 0.2) is 5.69 Å². The first kappa shape index (κ1) is 25.1. The number of nitro benzene ring substituents is 1. The number of non-ortho nitro benzene ring substituents is 1. The predicted octanol–water partition coefficient (Wildman–Crippen LogP) is 2.73. The zero-order chi connectivity index (χ0) is 25.3. The van der Waals surface area contributed by atoms with Crippen molar-refractivity contribution in [1.29, 1.82) is 0 Å². The average molecular weight is 508 g/mol. The molecule has 1 aromatic carbocycles. The Morgan fingerprint density at radius 3 is 2.43 bits per heavy atom. The minimum absolute atomic E-state index is 0.0767. The SMILES string of the molecule is Cc1c(C(=O)N2CCCC2)nn(C(C)C)c1Oc1ccc([N+](=O)[O-])cc1S(=O)(=O)N1CCOCC1. The van der Waals surface area contributed by atoms with Crippen LogP contribution in [-0.2, 0) is 14.8 Å². The second-order valence-corrected chi connectivity index (χ2v) is 10.7. The van der Waals surface area contributed by atoms with Crippen molar-refractivity contribution in [3.05, 3.63) is 39.6 Å². The van der Waals surface area contributed by atoms with Gasteiger partial charge in [0.05, 0.1) is 24.2 Å². The molecule has 0 spiro atoms. The van der Waals surface area contributed by atoms with Gasteiger partial charge in [-0.2, -0.15) is 9.40 Å². The number of rotatable bonds is 7. The normalized spacial score (nSPS) is 17.2. The van der Waals surface area contributed by atoms with Crippen LogP contribution in [0.4, 0.5) is 5.69 Å². The van der Waals surface area contributed by atoms with Gasteiger partial charge in [-0.15, -0.1) is 0 Å². The maximum absolute atomic E-state index is 13.4. The van der Waals surface area contributed by atoms with E-state index in [1.807, 2.05) is 13.8 Å². The van der Waals surface area contributed by atoms with Gasteiger partial charge in [0.1, 0.15) is 10.6 Å². The van der Waals surface area contributed by atoms with E-state index < -0.39 is 14.9 Å². The number of nitrogens with zero attached hydrogens (tertiary/aromatic N) is 5. The van der Waals surface area contributed by atoms with Crippen molar-refractivity contribution >= 4 is 21.6 Å². The third-order valence-electron chi connectivity index (χ3n) is 6.11. The smallest absolute Gasteiger partial charge is 0.274 e. The monoisotopic (exact) mass is 507 g/mol. The Kier molecular flexibility index (Phi) is 7.10. The summed E-state index contributed by atoms with van der Waals surface area (Å²) in [5, 5.41) is 15.9. The second kappa shape index (κ2) is 9.91. The molecule has 13 heteroatoms. The van der Waals surface area contributed by atoms with Crippen molar-refractivity contribution in [2.45, 2.75) is 44.6 Å². The van der Waals surface area contributed by atoms with E-state index in [-0.39, 0.29) is 66.2 Å². The summed E-state index contributed by atoms with van der Waals surface area (Å²) in [6, 6.07) is 3.27. The lowest BCUT2D eigenvalue weighted by molar-refractivity contribution is -0.385. The van der Waals surface area contributed by atoms with E-state index in [0.29, 0.717) is 18.7 Å². The van der Waals surface area contributed by atoms with Gasteiger partial charge in [0.25, 0.3) is 11.6 Å². The molecule has 1 aromatic heterocycles. The van der Waals surface area contributed by atoms with Crippen LogP contribution in [0.5, 0.6) is 11.6 Å². The summed E-state index contributed by atoms with van der Waals surface area (Å²) in [4.78, 5) is 25.2. The molecule has 2 aliphatic heterocycles. The number of ether oxygens (including phenoxy) is 2. The minimum atomic E-state index is -4.12. The van der Waals surface area contributed by atoms with Crippen LogP contribution in [0.1, 0.15) is 48.8 Å². The first-order valence-electron chi connectivity index (χ1n) is 11.5. The van der Waals surface area contributed by atoms with Crippen LogP contribution in [-0.4, -0.2) is 77.6 Å². The number of aromatic nitrogens is 2. The molecule has 4 rings (SSSR count). The maximum atomic E-state index is 13.4. The van der Waals surface area contributed by atoms with Crippen molar-refractivity contribution in [2.75, 3.05) is 39.4 Å². The Hall–Kier alpha value is -3.03. The average Bonchev–Trinajstić information content (AvgIpc) is 3.48. The van der Waals surface area contributed by atoms with Gasteiger partial charge in [0, 0.05) is 43.9 Å². The van der Waals surface area contributed by atoms with Crippen molar-refractivity contribution in [3.63, 3.8) is 0 Å². The molecule has 2 aromatic rings. The number of hydrogen-bond acceptors (Lipinski definition) is 8. The fraction of sp³-hybridized carbons (Fsp3) is 0.545. The third kappa shape index (κ3) is 4.88. The number of carbonyl (C=O) groups is 1. The molecule has 3 heterocycles. The molecule has 0 radical (unpaired) electrons. The van der Waals surface area contributed by atoms with Crippen LogP contribution < -0.4 is 4.74 Å². The van der Waals surface area contributed by atoms with Crippen molar-refractivity contribution in [2.24, 2.45) is 0 Å². The fourth-order valence-corrected chi connectivity index (χ4v) is 5.72. The van der Waals surface area contributed by atoms with Gasteiger partial charge in [-0.1, -0.05) is 0 Å². The number of morpholine rings is 1. The molecule has 2 fully saturated rings. The van der Waals surface area contributed by atoms with Gasteiger partial charge in [-0.25, -0.2) is 13.1 Å². The summed E-state index contributed by atoms with van der Waals surface area (Å²) in [5.74, 6) is -0.0592. The summed E-state index contributed by atoms with van der Waals surface area (Å²) in [6.07, 6.45) is 1.87. The minimum Gasteiger partial charge on any atom is -0.438 e. The summed E-state index contributed by atoms with van der Waals surface area (Å²) < 4.78 is 41.0. The Balaban J connectivity index is 1.78. The van der Waals surface area contributed by atoms with E-state index in [9.17, 15) is 23.3 Å². The van der Waals surface area contributed by atoms with Crippen LogP contribution in [0.2, 0.25) is 0 Å². The van der Waals surface area contributed by atoms with E-state index in [1.54, 1.807) is 11.8 Å². The highest BCUT2D eigenvalue weighted by atomic mass is 32.2. The highest BCUT2D eigenvalue weighted by molar-refractivity contribution is 7.89. The molecule has 2 saturated heterocycles. The van der Waals surface area contributed by atoms with Gasteiger partial charge < -0.3 is 14.4 Å². The lowest BCUT2D eigenvalue weighted by Gasteiger charge is -2.26. The molecule has 2 aliphatic rings. The van der Waals surface area contributed by atoms with Gasteiger partial charge in [-0.05, 0) is 39.7 Å². The van der Waals surface area contributed by atoms with Crippen LogP contribution >= 0.6 is 0 Å². The molecular formula is C22H29N5O7S. The third-order valence-corrected chi connectivity index (χ3v) is 8.03. The quantitative estimate of drug-likeness (QED) is 0.412. The van der Waals surface area contributed by atoms with E-state index in [4.69, 9.17) is 9.47 Å². The number of amides is 1. The van der Waals surface area contributed by atoms with Gasteiger partial charge >= 0.3 is 0 Å². The van der Waals surface area contributed by atoms with Crippen molar-refractivity contribution in [3.8, 4) is 11.6 Å². The topological polar surface area (TPSA) is 137 Å². The number of nitro groups is 1. The summed E-state index contributed by atoms with van der Waals surface area (Å²) in [6.45, 7) is 7.46. The summed E-state index contributed by atoms with van der Waals surface area (Å²) in [5.41, 5.74) is 0.349. The number of carbonyl (C=O) groups excluding carboxylic acids is 1. The molecule has 1 amide bonds. The molecule has 190 valence electrons. The van der Waals surface area contributed by atoms with Gasteiger partial charge in [-0.3, -0.25) is 14.9 Å². The molecule has 0 saturated carbocycles. The molecule has 12 nitrogen and oxygen atoms in total. The number of hydrogen-bond donors (Lipinski definition) is 0. The van der Waals surface area contributed by atoms with E-state index >= 15 is 0 Å². The molecule has 0 unspecified atom stereocenters. The highest BCUT2D eigenvalue weighted by Gasteiger charge is 2.33. The molecule has 0 N–H and O–H groups in total. The zero-order valence-corrected chi connectivity index (χ0v) is 20.8. The Labute approximate surface area is 203 Å². The zero-order valence-electron chi connectivity index (χ0n) is 20.0. The van der Waals surface area contributed by atoms with Crippen molar-refractivity contribution in [1.82, 2.24) is 19.0 Å². The van der Waals surface area contributed by atoms with Gasteiger partial charge in [0.2, 0.25) is 15.9 Å². The molecule has 35 heavy (non-hydrogen) atoms. The lowest BCUT2D eigenvalue weighted by Crippen LogP contribution is -2.40. The molecule has 0 aliphatic carbocycles. The maximum Gasteiger partial charge on any atom is 0.274 e. The van der Waals surface area contributed by atoms with Crippen LogP contribution in [0.15, 0.2) is 23.1 Å². The number of likely N-dealkylation sites (tertiary alicyclic amines) is 1. The molecule has 0 bridgehead atoms. The largest absolute Gasteiger partial charge is 0.438 e. The van der Waals surface area contributed by atoms with Crippen LogP contribution in [0.25, 0.3) is 0 Å². The first-order valence-corrected chi connectivity index (χ1v) is 13.0. The van der Waals surface area contributed by atoms with E-state index in [2.05, 4.69) is 5.10 Å². The lowest BCUT2D eigenvalue weighted by atomic mass is 10.2. The van der Waals surface area contributed by atoms with Crippen molar-refractivity contribution < 1.29 is 27.6 Å². The fourth-order valence-electron chi connectivity index (χ4n) is 4.17. The Morgan fingerprint density at radius 2 is 1.83 bits per heavy atom. The molecule has 0 atom stereocenters. The summed E-state index contributed by atoms with van der Waals surface area (Å²) >= 11 is 0. The first-order chi connectivity index (χ1) is 16.6. The summed E-state index contributed by atoms with van der Waals surface area (Å²) in [7, 11) is -4.12. The number of sulfonamides is 1.